The number of hydrogen-bond donors (Lipinski definition) is 2. The molecule has 1 unspecified atom stereocenters. The average molecular weight is 296 g/mol. The first-order valence-corrected chi connectivity index (χ1v) is 6.45. The number of anilines is 2. The standard InChI is InChI=1S/C15H12F4N2/c16-10-6-11(17)14(19)15(13(10)18)21-12-4-1-7-5-8(20)2-3-9(7)12/h2-3,5-6,12,21H,1,4,20H2. The molecule has 2 aromatic carbocycles. The molecule has 1 atom stereocenters. The average Bonchev–Trinajstić information content (AvgIpc) is 2.83. The summed E-state index contributed by atoms with van der Waals surface area (Å²) in [5, 5.41) is 2.56. The largest absolute Gasteiger partial charge is 0.399 e. The van der Waals surface area contributed by atoms with E-state index in [0.29, 0.717) is 18.5 Å². The van der Waals surface area contributed by atoms with Crippen molar-refractivity contribution >= 4 is 11.4 Å². The Morgan fingerprint density at radius 1 is 1.00 bits per heavy atom. The van der Waals surface area contributed by atoms with Crippen LogP contribution in [0.25, 0.3) is 0 Å². The number of benzene rings is 2. The summed E-state index contributed by atoms with van der Waals surface area (Å²) in [5.41, 5.74) is 7.29. The summed E-state index contributed by atoms with van der Waals surface area (Å²) in [4.78, 5) is 0. The molecule has 0 aromatic heterocycles. The number of halogens is 4. The lowest BCUT2D eigenvalue weighted by atomic mass is 10.1. The maximum atomic E-state index is 13.7. The van der Waals surface area contributed by atoms with Crippen molar-refractivity contribution in [2.75, 3.05) is 11.1 Å². The highest BCUT2D eigenvalue weighted by Gasteiger charge is 2.26. The zero-order valence-electron chi connectivity index (χ0n) is 10.9. The van der Waals surface area contributed by atoms with Crippen LogP contribution in [-0.2, 0) is 6.42 Å². The van der Waals surface area contributed by atoms with Crippen molar-refractivity contribution in [2.24, 2.45) is 0 Å². The van der Waals surface area contributed by atoms with E-state index in [1.165, 1.54) is 0 Å². The quantitative estimate of drug-likeness (QED) is 0.501. The molecule has 1 aliphatic carbocycles. The SMILES string of the molecule is Nc1ccc2c(c1)CCC2Nc1c(F)c(F)cc(F)c1F. The van der Waals surface area contributed by atoms with E-state index in [1.54, 1.807) is 18.2 Å². The van der Waals surface area contributed by atoms with Gasteiger partial charge in [-0.05, 0) is 36.1 Å². The second kappa shape index (κ2) is 4.95. The van der Waals surface area contributed by atoms with Gasteiger partial charge in [0.15, 0.2) is 23.3 Å². The molecular formula is C15H12F4N2. The molecule has 0 bridgehead atoms. The first kappa shape index (κ1) is 13.7. The minimum Gasteiger partial charge on any atom is -0.399 e. The number of fused-ring (bicyclic) bond motifs is 1. The maximum absolute atomic E-state index is 13.7. The Kier molecular flexibility index (Phi) is 3.23. The van der Waals surface area contributed by atoms with Gasteiger partial charge in [0.1, 0.15) is 5.69 Å². The molecular weight excluding hydrogens is 284 g/mol. The van der Waals surface area contributed by atoms with Gasteiger partial charge in [0.25, 0.3) is 0 Å². The highest BCUT2D eigenvalue weighted by atomic mass is 19.2. The summed E-state index contributed by atoms with van der Waals surface area (Å²) in [6, 6.07) is 5.00. The molecule has 0 saturated heterocycles. The molecule has 3 rings (SSSR count). The van der Waals surface area contributed by atoms with Crippen molar-refractivity contribution in [2.45, 2.75) is 18.9 Å². The second-order valence-corrected chi connectivity index (χ2v) is 5.04. The third kappa shape index (κ3) is 2.30. The molecule has 110 valence electrons. The van der Waals surface area contributed by atoms with Gasteiger partial charge >= 0.3 is 0 Å². The summed E-state index contributed by atoms with van der Waals surface area (Å²) in [6.45, 7) is 0. The van der Waals surface area contributed by atoms with Crippen LogP contribution in [0.3, 0.4) is 0 Å². The summed E-state index contributed by atoms with van der Waals surface area (Å²) < 4.78 is 53.8. The van der Waals surface area contributed by atoms with Crippen LogP contribution in [-0.4, -0.2) is 0 Å². The maximum Gasteiger partial charge on any atom is 0.185 e. The minimum atomic E-state index is -1.42. The zero-order valence-corrected chi connectivity index (χ0v) is 10.9. The second-order valence-electron chi connectivity index (χ2n) is 5.04. The molecule has 0 saturated carbocycles. The van der Waals surface area contributed by atoms with Crippen molar-refractivity contribution < 1.29 is 17.6 Å². The van der Waals surface area contributed by atoms with Crippen LogP contribution in [0.1, 0.15) is 23.6 Å². The van der Waals surface area contributed by atoms with Gasteiger partial charge < -0.3 is 11.1 Å². The summed E-state index contributed by atoms with van der Waals surface area (Å²) >= 11 is 0. The van der Waals surface area contributed by atoms with Crippen LogP contribution in [0.4, 0.5) is 28.9 Å². The zero-order chi connectivity index (χ0) is 15.1. The lowest BCUT2D eigenvalue weighted by molar-refractivity contribution is 0.456. The van der Waals surface area contributed by atoms with Crippen molar-refractivity contribution in [1.29, 1.82) is 0 Å². The van der Waals surface area contributed by atoms with E-state index in [9.17, 15) is 17.6 Å². The molecule has 0 radical (unpaired) electrons. The Morgan fingerprint density at radius 3 is 2.33 bits per heavy atom. The molecule has 6 heteroatoms. The molecule has 0 spiro atoms. The molecule has 1 aliphatic rings. The Morgan fingerprint density at radius 2 is 1.67 bits per heavy atom. The van der Waals surface area contributed by atoms with Gasteiger partial charge in [0.05, 0.1) is 6.04 Å². The van der Waals surface area contributed by atoms with Gasteiger partial charge in [-0.3, -0.25) is 0 Å². The normalized spacial score (nSPS) is 16.9. The number of aryl methyl sites for hydroxylation is 1. The Labute approximate surface area is 118 Å². The van der Waals surface area contributed by atoms with Gasteiger partial charge in [0.2, 0.25) is 0 Å². The van der Waals surface area contributed by atoms with E-state index in [0.717, 1.165) is 11.1 Å². The van der Waals surface area contributed by atoms with Crippen LogP contribution in [0, 0.1) is 23.3 Å². The smallest absolute Gasteiger partial charge is 0.185 e. The van der Waals surface area contributed by atoms with E-state index < -0.39 is 35.0 Å². The van der Waals surface area contributed by atoms with Gasteiger partial charge in [-0.2, -0.15) is 0 Å². The molecule has 3 N–H and O–H groups in total. The number of hydrogen-bond acceptors (Lipinski definition) is 2. The molecule has 0 fully saturated rings. The van der Waals surface area contributed by atoms with Gasteiger partial charge in [-0.1, -0.05) is 6.07 Å². The number of rotatable bonds is 2. The lowest BCUT2D eigenvalue weighted by Crippen LogP contribution is -2.12. The minimum absolute atomic E-state index is 0.194. The third-order valence-electron chi connectivity index (χ3n) is 3.68. The Balaban J connectivity index is 1.97. The van der Waals surface area contributed by atoms with Gasteiger partial charge in [0, 0.05) is 11.8 Å². The topological polar surface area (TPSA) is 38.0 Å². The molecule has 0 heterocycles. The number of nitrogens with one attached hydrogen (secondary N) is 1. The number of nitrogen functional groups attached to an aromatic ring is 1. The van der Waals surface area contributed by atoms with Crippen LogP contribution < -0.4 is 11.1 Å². The molecule has 21 heavy (non-hydrogen) atoms. The summed E-state index contributed by atoms with van der Waals surface area (Å²) in [7, 11) is 0. The fourth-order valence-corrected chi connectivity index (χ4v) is 2.66. The van der Waals surface area contributed by atoms with E-state index in [2.05, 4.69) is 5.32 Å². The third-order valence-corrected chi connectivity index (χ3v) is 3.68. The van der Waals surface area contributed by atoms with E-state index in [-0.39, 0.29) is 6.07 Å². The highest BCUT2D eigenvalue weighted by Crippen LogP contribution is 2.36. The van der Waals surface area contributed by atoms with E-state index in [4.69, 9.17) is 5.73 Å². The molecule has 0 aliphatic heterocycles. The molecule has 2 nitrogen and oxygen atoms in total. The predicted octanol–water partition coefficient (Wildman–Crippen LogP) is 3.92. The monoisotopic (exact) mass is 296 g/mol. The first-order chi connectivity index (χ1) is 9.97. The van der Waals surface area contributed by atoms with Crippen LogP contribution in [0.5, 0.6) is 0 Å². The van der Waals surface area contributed by atoms with Crippen molar-refractivity contribution in [3.8, 4) is 0 Å². The summed E-state index contributed by atoms with van der Waals surface area (Å²) in [6.07, 6.45) is 1.24. The first-order valence-electron chi connectivity index (χ1n) is 6.45. The van der Waals surface area contributed by atoms with Crippen LogP contribution in [0.2, 0.25) is 0 Å². The fourth-order valence-electron chi connectivity index (χ4n) is 2.66. The van der Waals surface area contributed by atoms with E-state index >= 15 is 0 Å². The van der Waals surface area contributed by atoms with Gasteiger partial charge in [-0.25, -0.2) is 17.6 Å². The number of nitrogens with two attached hydrogens (primary N) is 1. The van der Waals surface area contributed by atoms with Crippen molar-refractivity contribution in [3.63, 3.8) is 0 Å². The Hall–Kier alpha value is -2.24. The van der Waals surface area contributed by atoms with Crippen LogP contribution in [0.15, 0.2) is 24.3 Å². The molecule has 2 aromatic rings. The lowest BCUT2D eigenvalue weighted by Gasteiger charge is -2.17. The molecule has 0 amide bonds. The fraction of sp³-hybridized carbons (Fsp3) is 0.200. The van der Waals surface area contributed by atoms with Crippen molar-refractivity contribution in [1.82, 2.24) is 0 Å². The van der Waals surface area contributed by atoms with Gasteiger partial charge in [-0.15, -0.1) is 0 Å². The van der Waals surface area contributed by atoms with E-state index in [1.807, 2.05) is 0 Å². The summed E-state index contributed by atoms with van der Waals surface area (Å²) in [5.74, 6) is -5.69. The predicted molar refractivity (Wildman–Crippen MR) is 71.8 cm³/mol. The Bertz CT molecular complexity index is 689. The van der Waals surface area contributed by atoms with Crippen LogP contribution >= 0.6 is 0 Å². The highest BCUT2D eigenvalue weighted by molar-refractivity contribution is 5.53. The van der Waals surface area contributed by atoms with Crippen molar-refractivity contribution in [3.05, 3.63) is 58.7 Å².